The second-order valence-electron chi connectivity index (χ2n) is 14.6. The van der Waals surface area contributed by atoms with Gasteiger partial charge in [0.25, 0.3) is 0 Å². The first-order valence-electron chi connectivity index (χ1n) is 17.9. The number of fused-ring (bicyclic) bond motifs is 5. The van der Waals surface area contributed by atoms with Gasteiger partial charge >= 0.3 is 24.5 Å². The Kier molecular flexibility index (Phi) is 7.98. The number of aryl methyl sites for hydroxylation is 1. The van der Waals surface area contributed by atoms with Crippen molar-refractivity contribution in [2.24, 2.45) is 5.92 Å². The number of halogens is 9. The number of carboxylic acids is 1. The maximum Gasteiger partial charge on any atom is 0.416 e. The number of hydrogen-bond acceptors (Lipinski definition) is 1. The third kappa shape index (κ3) is 5.77. The first kappa shape index (κ1) is 36.5. The Bertz CT molecular complexity index is 2940. The summed E-state index contributed by atoms with van der Waals surface area (Å²) in [7, 11) is 0. The summed E-state index contributed by atoms with van der Waals surface area (Å²) in [4.78, 5) is 11.8. The highest BCUT2D eigenvalue weighted by atomic mass is 19.4. The maximum absolute atomic E-state index is 14.1. The largest absolute Gasteiger partial charge is 0.481 e. The van der Waals surface area contributed by atoms with Gasteiger partial charge in [0, 0.05) is 0 Å². The molecule has 1 unspecified atom stereocenters. The van der Waals surface area contributed by atoms with Crippen LogP contribution in [-0.4, -0.2) is 11.1 Å². The van der Waals surface area contributed by atoms with Crippen molar-refractivity contribution in [1.29, 1.82) is 0 Å². The zero-order valence-electron chi connectivity index (χ0n) is 29.6. The highest BCUT2D eigenvalue weighted by molar-refractivity contribution is 6.40. The number of benzene rings is 8. The highest BCUT2D eigenvalue weighted by Gasteiger charge is 2.35. The van der Waals surface area contributed by atoms with Crippen molar-refractivity contribution in [3.63, 3.8) is 0 Å². The lowest BCUT2D eigenvalue weighted by atomic mass is 9.81. The van der Waals surface area contributed by atoms with E-state index in [1.807, 2.05) is 30.3 Å². The van der Waals surface area contributed by atoms with Crippen LogP contribution >= 0.6 is 0 Å². The zero-order chi connectivity index (χ0) is 40.3. The molecule has 0 heterocycles. The molecule has 0 fully saturated rings. The summed E-state index contributed by atoms with van der Waals surface area (Å²) in [5.41, 5.74) is 2.29. The molecule has 0 saturated carbocycles. The molecule has 8 aromatic carbocycles. The van der Waals surface area contributed by atoms with Crippen molar-refractivity contribution in [3.8, 4) is 44.5 Å². The molecule has 1 N–H and O–H groups in total. The van der Waals surface area contributed by atoms with Crippen LogP contribution in [-0.2, 0) is 29.7 Å². The number of aliphatic carboxylic acids is 1. The Morgan fingerprint density at radius 3 is 1.58 bits per heavy atom. The molecular formula is C46H27F9O2. The average Bonchev–Trinajstić information content (AvgIpc) is 3.49. The van der Waals surface area contributed by atoms with Gasteiger partial charge in [-0.1, -0.05) is 73.7 Å². The van der Waals surface area contributed by atoms with E-state index in [9.17, 15) is 49.4 Å². The molecule has 2 nitrogen and oxygen atoms in total. The number of carboxylic acid groups (broad SMARTS) is 1. The molecule has 1 atom stereocenters. The Morgan fingerprint density at radius 1 is 0.474 bits per heavy atom. The van der Waals surface area contributed by atoms with E-state index in [1.165, 1.54) is 30.3 Å². The monoisotopic (exact) mass is 782 g/mol. The number of carbonyl (C=O) groups is 1. The summed E-state index contributed by atoms with van der Waals surface area (Å²) in [6.45, 7) is 1.59. The second-order valence-corrected chi connectivity index (χ2v) is 14.6. The van der Waals surface area contributed by atoms with Gasteiger partial charge in [-0.15, -0.1) is 0 Å². The molecule has 0 saturated heterocycles. The molecular weight excluding hydrogens is 755 g/mol. The van der Waals surface area contributed by atoms with Crippen molar-refractivity contribution in [3.05, 3.63) is 131 Å². The summed E-state index contributed by atoms with van der Waals surface area (Å²) in [6.07, 6.45) is -13.2. The molecule has 1 aliphatic carbocycles. The number of alkyl halides is 9. The van der Waals surface area contributed by atoms with Crippen LogP contribution in [0.1, 0.15) is 35.6 Å². The first-order valence-corrected chi connectivity index (χ1v) is 17.9. The second kappa shape index (κ2) is 12.4. The Hall–Kier alpha value is -6.10. The Balaban J connectivity index is 1.42. The Morgan fingerprint density at radius 2 is 0.982 bits per heavy atom. The van der Waals surface area contributed by atoms with E-state index in [2.05, 4.69) is 0 Å². The molecule has 0 amide bonds. The molecule has 0 radical (unpaired) electrons. The van der Waals surface area contributed by atoms with E-state index in [4.69, 9.17) is 0 Å². The molecule has 0 spiro atoms. The molecule has 9 rings (SSSR count). The Labute approximate surface area is 318 Å². The van der Waals surface area contributed by atoms with E-state index < -0.39 is 47.1 Å². The lowest BCUT2D eigenvalue weighted by Crippen LogP contribution is -2.10. The van der Waals surface area contributed by atoms with Gasteiger partial charge in [0.2, 0.25) is 0 Å². The molecule has 57 heavy (non-hydrogen) atoms. The third-order valence-corrected chi connectivity index (χ3v) is 11.3. The van der Waals surface area contributed by atoms with E-state index in [0.29, 0.717) is 83.2 Å². The molecule has 0 bridgehead atoms. The van der Waals surface area contributed by atoms with Crippen LogP contribution in [0.15, 0.2) is 109 Å². The fourth-order valence-corrected chi connectivity index (χ4v) is 8.53. The molecule has 0 aliphatic heterocycles. The lowest BCUT2D eigenvalue weighted by Gasteiger charge is -2.22. The topological polar surface area (TPSA) is 37.3 Å². The SMILES string of the molecule is CC(CCc1ccc2c3ccc4c5c(cc(-c6ccc(C(F)(F)F)cc6)c(c6ccc(-c7ccc(C(F)(F)F)cc7)c1c26)c53)-c1cc(C(F)(F)F)ccc1-4)C(=O)O. The van der Waals surface area contributed by atoms with Crippen LogP contribution < -0.4 is 0 Å². The van der Waals surface area contributed by atoms with Crippen molar-refractivity contribution >= 4 is 49.1 Å². The zero-order valence-corrected chi connectivity index (χ0v) is 29.6. The minimum atomic E-state index is -4.63. The summed E-state index contributed by atoms with van der Waals surface area (Å²) in [6, 6.07) is 25.8. The van der Waals surface area contributed by atoms with Crippen LogP contribution in [0.25, 0.3) is 87.6 Å². The number of rotatable bonds is 6. The fraction of sp³-hybridized carbons (Fsp3) is 0.152. The van der Waals surface area contributed by atoms with Gasteiger partial charge in [0.1, 0.15) is 0 Å². The van der Waals surface area contributed by atoms with Gasteiger partial charge in [-0.3, -0.25) is 4.79 Å². The third-order valence-electron chi connectivity index (χ3n) is 11.3. The van der Waals surface area contributed by atoms with Crippen LogP contribution in [0.5, 0.6) is 0 Å². The van der Waals surface area contributed by atoms with Crippen molar-refractivity contribution < 1.29 is 49.4 Å². The first-order chi connectivity index (χ1) is 26.9. The summed E-state index contributed by atoms with van der Waals surface area (Å²) in [5, 5.41) is 15.2. The molecule has 0 aromatic heterocycles. The molecule has 1 aliphatic rings. The van der Waals surface area contributed by atoms with E-state index in [-0.39, 0.29) is 6.42 Å². The van der Waals surface area contributed by atoms with Gasteiger partial charge in [-0.25, -0.2) is 0 Å². The van der Waals surface area contributed by atoms with E-state index in [1.54, 1.807) is 19.1 Å². The van der Waals surface area contributed by atoms with Gasteiger partial charge in [-0.2, -0.15) is 39.5 Å². The van der Waals surface area contributed by atoms with Crippen LogP contribution in [0.4, 0.5) is 39.5 Å². The van der Waals surface area contributed by atoms with Crippen molar-refractivity contribution in [1.82, 2.24) is 0 Å². The van der Waals surface area contributed by atoms with Gasteiger partial charge in [0.15, 0.2) is 0 Å². The van der Waals surface area contributed by atoms with Crippen LogP contribution in [0.2, 0.25) is 0 Å². The highest BCUT2D eigenvalue weighted by Crippen LogP contribution is 2.56. The minimum Gasteiger partial charge on any atom is -0.481 e. The van der Waals surface area contributed by atoms with E-state index >= 15 is 0 Å². The molecule has 8 aromatic rings. The maximum atomic E-state index is 14.1. The molecule has 11 heteroatoms. The van der Waals surface area contributed by atoms with E-state index in [0.717, 1.165) is 52.7 Å². The molecule has 286 valence electrons. The van der Waals surface area contributed by atoms with Gasteiger partial charge in [-0.05, 0) is 148 Å². The predicted octanol–water partition coefficient (Wildman–Crippen LogP) is 14.4. The minimum absolute atomic E-state index is 0.258. The van der Waals surface area contributed by atoms with Crippen molar-refractivity contribution in [2.75, 3.05) is 0 Å². The van der Waals surface area contributed by atoms with Gasteiger partial charge in [0.05, 0.1) is 22.6 Å². The quantitative estimate of drug-likeness (QED) is 0.104. The van der Waals surface area contributed by atoms with Crippen LogP contribution in [0.3, 0.4) is 0 Å². The predicted molar refractivity (Wildman–Crippen MR) is 203 cm³/mol. The fourth-order valence-electron chi connectivity index (χ4n) is 8.53. The summed E-state index contributed by atoms with van der Waals surface area (Å²) in [5.74, 6) is -1.69. The summed E-state index contributed by atoms with van der Waals surface area (Å²) < 4.78 is 124. The van der Waals surface area contributed by atoms with Crippen LogP contribution in [0, 0.1) is 5.92 Å². The van der Waals surface area contributed by atoms with Crippen molar-refractivity contribution in [2.45, 2.75) is 38.3 Å². The smallest absolute Gasteiger partial charge is 0.416 e. The average molecular weight is 783 g/mol. The summed E-state index contributed by atoms with van der Waals surface area (Å²) >= 11 is 0. The lowest BCUT2D eigenvalue weighted by molar-refractivity contribution is -0.141. The number of hydrogen-bond donors (Lipinski definition) is 1. The standard InChI is InChI=1S/C46H27F9O2/c1-22(43(56)57)2-3-25-8-14-32-33-18-17-31-30-15-13-28(46(53,54)55)20-36(30)37-21-35(24-6-11-27(12-7-24)45(50,51)52)41(42(33)40(31)37)34-19-16-29(38(25)39(32)34)23-4-9-26(10-5-23)44(47,48)49/h4-22H,2-3H2,1H3,(H,56,57). The van der Waals surface area contributed by atoms with Gasteiger partial charge < -0.3 is 5.11 Å². The normalized spacial score (nSPS) is 13.6.